The molecular weight excluding hydrogens is 271 g/mol. The van der Waals surface area contributed by atoms with Crippen LogP contribution in [0.15, 0.2) is 18.2 Å². The van der Waals surface area contributed by atoms with E-state index < -0.39 is 0 Å². The molecule has 0 radical (unpaired) electrons. The monoisotopic (exact) mass is 288 g/mol. The van der Waals surface area contributed by atoms with Gasteiger partial charge in [-0.1, -0.05) is 35.3 Å². The first kappa shape index (κ1) is 14.1. The second-order valence-electron chi connectivity index (χ2n) is 4.50. The minimum absolute atomic E-state index is 0.252. The Bertz CT molecular complexity index is 399. The molecule has 0 aromatic heterocycles. The second kappa shape index (κ2) is 6.73. The molecule has 0 bridgehead atoms. The first-order chi connectivity index (χ1) is 8.70. The molecule has 1 aromatic rings. The lowest BCUT2D eigenvalue weighted by molar-refractivity contribution is -0.0291. The van der Waals surface area contributed by atoms with Gasteiger partial charge in [0.2, 0.25) is 0 Å². The van der Waals surface area contributed by atoms with Crippen LogP contribution in [0.25, 0.3) is 0 Å². The van der Waals surface area contributed by atoms with E-state index >= 15 is 0 Å². The van der Waals surface area contributed by atoms with E-state index in [1.54, 1.807) is 0 Å². The molecular formula is C13H18Cl2N2O. The van der Waals surface area contributed by atoms with Crippen molar-refractivity contribution in [3.05, 3.63) is 33.8 Å². The van der Waals surface area contributed by atoms with E-state index in [1.165, 1.54) is 0 Å². The molecule has 0 spiro atoms. The van der Waals surface area contributed by atoms with Gasteiger partial charge in [0.1, 0.15) is 0 Å². The standard InChI is InChI=1S/C13H18Cl2N2O/c1-16-7-11-9-17(5-6-18-11)8-10-3-2-4-12(14)13(10)15/h2-4,11,16H,5-9H2,1H3. The Hall–Kier alpha value is -0.320. The number of hydrogen-bond acceptors (Lipinski definition) is 3. The normalized spacial score (nSPS) is 21.2. The van der Waals surface area contributed by atoms with Gasteiger partial charge >= 0.3 is 0 Å². The van der Waals surface area contributed by atoms with Gasteiger partial charge in [0.15, 0.2) is 0 Å². The summed E-state index contributed by atoms with van der Waals surface area (Å²) < 4.78 is 5.68. The van der Waals surface area contributed by atoms with Crippen molar-refractivity contribution < 1.29 is 4.74 Å². The molecule has 0 saturated carbocycles. The van der Waals surface area contributed by atoms with Crippen LogP contribution in [-0.4, -0.2) is 44.3 Å². The van der Waals surface area contributed by atoms with Crippen molar-refractivity contribution >= 4 is 23.2 Å². The molecule has 1 aliphatic rings. The smallest absolute Gasteiger partial charge is 0.0826 e. The number of rotatable bonds is 4. The molecule has 1 fully saturated rings. The highest BCUT2D eigenvalue weighted by Crippen LogP contribution is 2.26. The van der Waals surface area contributed by atoms with Crippen molar-refractivity contribution in [3.63, 3.8) is 0 Å². The van der Waals surface area contributed by atoms with Gasteiger partial charge in [-0.3, -0.25) is 4.90 Å². The third kappa shape index (κ3) is 3.59. The Balaban J connectivity index is 1.98. The lowest BCUT2D eigenvalue weighted by Crippen LogP contribution is -2.45. The Labute approximate surface area is 118 Å². The third-order valence-corrected chi connectivity index (χ3v) is 3.94. The van der Waals surface area contributed by atoms with Gasteiger partial charge in [-0.2, -0.15) is 0 Å². The molecule has 1 unspecified atom stereocenters. The van der Waals surface area contributed by atoms with Crippen LogP contribution < -0.4 is 5.32 Å². The summed E-state index contributed by atoms with van der Waals surface area (Å²) in [6.45, 7) is 4.32. The highest BCUT2D eigenvalue weighted by Gasteiger charge is 2.20. The molecule has 1 aromatic carbocycles. The predicted octanol–water partition coefficient (Wildman–Crippen LogP) is 2.41. The van der Waals surface area contributed by atoms with E-state index in [0.29, 0.717) is 10.0 Å². The quantitative estimate of drug-likeness (QED) is 0.921. The summed E-state index contributed by atoms with van der Waals surface area (Å²) in [6, 6.07) is 5.78. The molecule has 1 heterocycles. The second-order valence-corrected chi connectivity index (χ2v) is 5.28. The summed E-state index contributed by atoms with van der Waals surface area (Å²) in [5.41, 5.74) is 1.08. The molecule has 3 nitrogen and oxygen atoms in total. The van der Waals surface area contributed by atoms with Crippen LogP contribution in [0.1, 0.15) is 5.56 Å². The molecule has 2 rings (SSSR count). The summed E-state index contributed by atoms with van der Waals surface area (Å²) in [7, 11) is 1.94. The van der Waals surface area contributed by atoms with Gasteiger partial charge in [-0.25, -0.2) is 0 Å². The summed E-state index contributed by atoms with van der Waals surface area (Å²) >= 11 is 12.2. The molecule has 100 valence electrons. The van der Waals surface area contributed by atoms with Crippen molar-refractivity contribution in [2.24, 2.45) is 0 Å². The minimum atomic E-state index is 0.252. The Morgan fingerprint density at radius 2 is 2.28 bits per heavy atom. The van der Waals surface area contributed by atoms with Crippen LogP contribution in [0.5, 0.6) is 0 Å². The predicted molar refractivity (Wildman–Crippen MR) is 75.4 cm³/mol. The van der Waals surface area contributed by atoms with Crippen LogP contribution in [0.2, 0.25) is 10.0 Å². The van der Waals surface area contributed by atoms with Crippen molar-refractivity contribution in [2.45, 2.75) is 12.6 Å². The van der Waals surface area contributed by atoms with Crippen LogP contribution >= 0.6 is 23.2 Å². The zero-order valence-electron chi connectivity index (χ0n) is 10.5. The highest BCUT2D eigenvalue weighted by molar-refractivity contribution is 6.42. The lowest BCUT2D eigenvalue weighted by atomic mass is 10.2. The number of likely N-dealkylation sites (N-methyl/N-ethyl adjacent to an activating group) is 1. The lowest BCUT2D eigenvalue weighted by Gasteiger charge is -2.33. The third-order valence-electron chi connectivity index (χ3n) is 3.08. The van der Waals surface area contributed by atoms with E-state index in [2.05, 4.69) is 10.2 Å². The van der Waals surface area contributed by atoms with Crippen molar-refractivity contribution in [2.75, 3.05) is 33.3 Å². The van der Waals surface area contributed by atoms with E-state index in [4.69, 9.17) is 27.9 Å². The van der Waals surface area contributed by atoms with E-state index in [-0.39, 0.29) is 6.10 Å². The summed E-state index contributed by atoms with van der Waals surface area (Å²) in [6.07, 6.45) is 0.252. The number of nitrogens with zero attached hydrogens (tertiary/aromatic N) is 1. The zero-order chi connectivity index (χ0) is 13.0. The molecule has 0 amide bonds. The van der Waals surface area contributed by atoms with E-state index in [1.807, 2.05) is 25.2 Å². The first-order valence-electron chi connectivity index (χ1n) is 6.12. The molecule has 1 atom stereocenters. The van der Waals surface area contributed by atoms with Crippen LogP contribution in [0, 0.1) is 0 Å². The topological polar surface area (TPSA) is 24.5 Å². The number of hydrogen-bond donors (Lipinski definition) is 1. The highest BCUT2D eigenvalue weighted by atomic mass is 35.5. The maximum absolute atomic E-state index is 6.21. The van der Waals surface area contributed by atoms with Gasteiger partial charge in [0, 0.05) is 26.2 Å². The molecule has 18 heavy (non-hydrogen) atoms. The zero-order valence-corrected chi connectivity index (χ0v) is 12.0. The average molecular weight is 289 g/mol. The van der Waals surface area contributed by atoms with Crippen molar-refractivity contribution in [1.82, 2.24) is 10.2 Å². The van der Waals surface area contributed by atoms with E-state index in [0.717, 1.165) is 38.3 Å². The van der Waals surface area contributed by atoms with Gasteiger partial charge in [0.05, 0.1) is 22.8 Å². The fraction of sp³-hybridized carbons (Fsp3) is 0.538. The largest absolute Gasteiger partial charge is 0.374 e. The number of benzene rings is 1. The summed E-state index contributed by atoms with van der Waals surface area (Å²) in [5.74, 6) is 0. The Morgan fingerprint density at radius 3 is 3.06 bits per heavy atom. The van der Waals surface area contributed by atoms with Crippen LogP contribution in [0.3, 0.4) is 0 Å². The Kier molecular flexibility index (Phi) is 5.27. The van der Waals surface area contributed by atoms with Crippen molar-refractivity contribution in [3.8, 4) is 0 Å². The molecule has 1 aliphatic heterocycles. The summed E-state index contributed by atoms with van der Waals surface area (Å²) in [4.78, 5) is 2.35. The van der Waals surface area contributed by atoms with Gasteiger partial charge in [-0.15, -0.1) is 0 Å². The van der Waals surface area contributed by atoms with Gasteiger partial charge in [-0.05, 0) is 18.7 Å². The average Bonchev–Trinajstić information content (AvgIpc) is 2.36. The fourth-order valence-electron chi connectivity index (χ4n) is 2.19. The number of morpholine rings is 1. The number of ether oxygens (including phenoxy) is 1. The molecule has 5 heteroatoms. The van der Waals surface area contributed by atoms with E-state index in [9.17, 15) is 0 Å². The molecule has 0 aliphatic carbocycles. The molecule has 1 saturated heterocycles. The maximum Gasteiger partial charge on any atom is 0.0826 e. The van der Waals surface area contributed by atoms with Crippen LogP contribution in [-0.2, 0) is 11.3 Å². The van der Waals surface area contributed by atoms with Gasteiger partial charge in [0.25, 0.3) is 0 Å². The first-order valence-corrected chi connectivity index (χ1v) is 6.87. The van der Waals surface area contributed by atoms with Gasteiger partial charge < -0.3 is 10.1 Å². The SMILES string of the molecule is CNCC1CN(Cc2cccc(Cl)c2Cl)CCO1. The molecule has 1 N–H and O–H groups in total. The maximum atomic E-state index is 6.21. The number of nitrogens with one attached hydrogen (secondary N) is 1. The Morgan fingerprint density at radius 1 is 1.44 bits per heavy atom. The van der Waals surface area contributed by atoms with Crippen LogP contribution in [0.4, 0.5) is 0 Å². The summed E-state index contributed by atoms with van der Waals surface area (Å²) in [5, 5.41) is 4.43. The minimum Gasteiger partial charge on any atom is -0.374 e. The number of halogens is 2. The fourth-order valence-corrected chi connectivity index (χ4v) is 2.57. The van der Waals surface area contributed by atoms with Crippen molar-refractivity contribution in [1.29, 1.82) is 0 Å².